The largest absolute Gasteiger partial charge is 0.497 e. The summed E-state index contributed by atoms with van der Waals surface area (Å²) >= 11 is 0. The minimum Gasteiger partial charge on any atom is -0.497 e. The molecule has 1 aromatic carbocycles. The van der Waals surface area contributed by atoms with Crippen LogP contribution in [-0.2, 0) is 20.1 Å². The Morgan fingerprint density at radius 3 is 2.64 bits per heavy atom. The molecule has 0 atom stereocenters. The first kappa shape index (κ1) is 21.5. The van der Waals surface area contributed by atoms with Crippen LogP contribution in [0.3, 0.4) is 0 Å². The number of hydrogen-bond donors (Lipinski definition) is 1. The number of aromatic nitrogens is 3. The fourth-order valence-electron chi connectivity index (χ4n) is 2.74. The normalized spacial score (nSPS) is 11.4. The van der Waals surface area contributed by atoms with E-state index < -0.39 is 0 Å². The summed E-state index contributed by atoms with van der Waals surface area (Å²) in [7, 11) is 7.29. The molecule has 0 saturated carbocycles. The van der Waals surface area contributed by atoms with E-state index in [9.17, 15) is 0 Å². The first-order valence-corrected chi connectivity index (χ1v) is 9.55. The predicted molar refractivity (Wildman–Crippen MR) is 111 cm³/mol. The second-order valence-corrected chi connectivity index (χ2v) is 6.68. The molecule has 154 valence electrons. The van der Waals surface area contributed by atoms with Gasteiger partial charge in [0.2, 0.25) is 0 Å². The van der Waals surface area contributed by atoms with Gasteiger partial charge in [0.1, 0.15) is 23.9 Å². The van der Waals surface area contributed by atoms with Crippen LogP contribution in [0.4, 0.5) is 0 Å². The second kappa shape index (κ2) is 10.5. The average molecular weight is 389 g/mol. The van der Waals surface area contributed by atoms with Crippen LogP contribution in [-0.4, -0.2) is 53.4 Å². The van der Waals surface area contributed by atoms with Gasteiger partial charge in [0.15, 0.2) is 11.8 Å². The Balaban J connectivity index is 2.17. The number of ether oxygens (including phenoxy) is 2. The summed E-state index contributed by atoms with van der Waals surface area (Å²) in [6, 6.07) is 5.85. The van der Waals surface area contributed by atoms with Crippen molar-refractivity contribution in [3.63, 3.8) is 0 Å². The van der Waals surface area contributed by atoms with Crippen LogP contribution >= 0.6 is 0 Å². The number of rotatable bonds is 9. The van der Waals surface area contributed by atoms with Crippen molar-refractivity contribution in [2.45, 2.75) is 39.8 Å². The number of aliphatic imine (C=N–C) groups is 1. The minimum atomic E-state index is 0.468. The smallest absolute Gasteiger partial charge is 0.194 e. The van der Waals surface area contributed by atoms with Gasteiger partial charge in [-0.25, -0.2) is 4.99 Å². The van der Waals surface area contributed by atoms with Gasteiger partial charge in [0.25, 0.3) is 0 Å². The van der Waals surface area contributed by atoms with Crippen LogP contribution in [0.25, 0.3) is 0 Å². The molecule has 8 heteroatoms. The molecule has 28 heavy (non-hydrogen) atoms. The molecule has 8 nitrogen and oxygen atoms in total. The third-order valence-electron chi connectivity index (χ3n) is 4.63. The van der Waals surface area contributed by atoms with Crippen molar-refractivity contribution in [1.29, 1.82) is 0 Å². The lowest BCUT2D eigenvalue weighted by Crippen LogP contribution is -2.39. The van der Waals surface area contributed by atoms with E-state index >= 15 is 0 Å². The highest BCUT2D eigenvalue weighted by Gasteiger charge is 2.12. The maximum absolute atomic E-state index is 5.53. The number of guanidine groups is 1. The Labute approximate surface area is 167 Å². The summed E-state index contributed by atoms with van der Waals surface area (Å²) in [4.78, 5) is 6.85. The molecule has 0 saturated heterocycles. The van der Waals surface area contributed by atoms with Gasteiger partial charge in [-0.1, -0.05) is 13.3 Å². The number of methoxy groups -OCH3 is 2. The molecule has 0 bridgehead atoms. The van der Waals surface area contributed by atoms with Crippen molar-refractivity contribution in [2.24, 2.45) is 12.0 Å². The number of benzene rings is 1. The Kier molecular flexibility index (Phi) is 8.10. The van der Waals surface area contributed by atoms with Crippen LogP contribution in [0.1, 0.15) is 37.0 Å². The molecule has 2 rings (SSSR count). The molecule has 0 radical (unpaired) electrons. The van der Waals surface area contributed by atoms with Gasteiger partial charge < -0.3 is 24.3 Å². The van der Waals surface area contributed by atoms with Crippen molar-refractivity contribution in [2.75, 3.05) is 27.8 Å². The van der Waals surface area contributed by atoms with E-state index in [-0.39, 0.29) is 0 Å². The van der Waals surface area contributed by atoms with Gasteiger partial charge in [-0.2, -0.15) is 0 Å². The molecule has 0 amide bonds. The molecular formula is C20H32N6O2. The summed E-state index contributed by atoms with van der Waals surface area (Å²) < 4.78 is 12.8. The van der Waals surface area contributed by atoms with Gasteiger partial charge >= 0.3 is 0 Å². The monoisotopic (exact) mass is 388 g/mol. The fourth-order valence-corrected chi connectivity index (χ4v) is 2.74. The third kappa shape index (κ3) is 5.61. The highest BCUT2D eigenvalue weighted by Crippen LogP contribution is 2.25. The SMILES string of the molecule is CCCCNC(=NCc1nnc(C)n1C)N(C)Cc1ccc(OC)cc1OC. The quantitative estimate of drug-likeness (QED) is 0.404. The molecule has 2 aromatic rings. The number of aryl methyl sites for hydroxylation is 1. The predicted octanol–water partition coefficient (Wildman–Crippen LogP) is 2.52. The maximum atomic E-state index is 5.53. The van der Waals surface area contributed by atoms with Crippen LogP contribution in [0.5, 0.6) is 11.5 Å². The Bertz CT molecular complexity index is 787. The standard InChI is InChI=1S/C20H32N6O2/c1-7-8-11-21-20(22-13-19-24-23-15(2)26(19)4)25(3)14-16-9-10-17(27-5)12-18(16)28-6/h9-10,12H,7-8,11,13-14H2,1-6H3,(H,21,22). The Hall–Kier alpha value is -2.77. The number of nitrogens with zero attached hydrogens (tertiary/aromatic N) is 5. The Morgan fingerprint density at radius 2 is 2.04 bits per heavy atom. The van der Waals surface area contributed by atoms with Crippen molar-refractivity contribution in [3.8, 4) is 11.5 Å². The van der Waals surface area contributed by atoms with E-state index in [4.69, 9.17) is 14.5 Å². The van der Waals surface area contributed by atoms with Crippen LogP contribution in [0.15, 0.2) is 23.2 Å². The summed E-state index contributed by atoms with van der Waals surface area (Å²) in [5, 5.41) is 11.8. The van der Waals surface area contributed by atoms with Crippen molar-refractivity contribution >= 4 is 5.96 Å². The molecular weight excluding hydrogens is 356 g/mol. The molecule has 0 unspecified atom stereocenters. The van der Waals surface area contributed by atoms with Gasteiger partial charge in [-0.15, -0.1) is 10.2 Å². The van der Waals surface area contributed by atoms with Crippen LogP contribution < -0.4 is 14.8 Å². The zero-order valence-electron chi connectivity index (χ0n) is 17.8. The van der Waals surface area contributed by atoms with E-state index in [0.29, 0.717) is 13.1 Å². The van der Waals surface area contributed by atoms with E-state index in [2.05, 4.69) is 27.3 Å². The number of nitrogens with one attached hydrogen (secondary N) is 1. The summed E-state index contributed by atoms with van der Waals surface area (Å²) in [5.41, 5.74) is 1.06. The average Bonchev–Trinajstić information content (AvgIpc) is 3.02. The topological polar surface area (TPSA) is 76.8 Å². The number of unbranched alkanes of at least 4 members (excludes halogenated alkanes) is 1. The summed E-state index contributed by atoms with van der Waals surface area (Å²) in [6.45, 7) is 6.10. The molecule has 1 heterocycles. The van der Waals surface area contributed by atoms with Crippen LogP contribution in [0.2, 0.25) is 0 Å². The lowest BCUT2D eigenvalue weighted by molar-refractivity contribution is 0.382. The molecule has 1 N–H and O–H groups in total. The first-order chi connectivity index (χ1) is 13.5. The van der Waals surface area contributed by atoms with Crippen molar-refractivity contribution in [3.05, 3.63) is 35.4 Å². The van der Waals surface area contributed by atoms with Gasteiger partial charge in [-0.05, 0) is 25.5 Å². The highest BCUT2D eigenvalue weighted by atomic mass is 16.5. The van der Waals surface area contributed by atoms with E-state index in [1.807, 2.05) is 43.8 Å². The number of hydrogen-bond acceptors (Lipinski definition) is 5. The fraction of sp³-hybridized carbons (Fsp3) is 0.550. The molecule has 0 fully saturated rings. The molecule has 0 aliphatic carbocycles. The molecule has 0 aliphatic heterocycles. The van der Waals surface area contributed by atoms with Gasteiger partial charge in [0.05, 0.1) is 14.2 Å². The maximum Gasteiger partial charge on any atom is 0.194 e. The van der Waals surface area contributed by atoms with Crippen LogP contribution in [0, 0.1) is 6.92 Å². The Morgan fingerprint density at radius 1 is 1.25 bits per heavy atom. The zero-order chi connectivity index (χ0) is 20.5. The van der Waals surface area contributed by atoms with E-state index in [0.717, 1.165) is 54.1 Å². The van der Waals surface area contributed by atoms with Crippen molar-refractivity contribution in [1.82, 2.24) is 25.0 Å². The lowest BCUT2D eigenvalue weighted by Gasteiger charge is -2.23. The second-order valence-electron chi connectivity index (χ2n) is 6.68. The van der Waals surface area contributed by atoms with Gasteiger partial charge in [-0.3, -0.25) is 0 Å². The lowest BCUT2D eigenvalue weighted by atomic mass is 10.2. The molecule has 0 aliphatic rings. The van der Waals surface area contributed by atoms with Crippen molar-refractivity contribution < 1.29 is 9.47 Å². The summed E-state index contributed by atoms with van der Waals surface area (Å²) in [5.74, 6) is 4.11. The highest BCUT2D eigenvalue weighted by molar-refractivity contribution is 5.79. The van der Waals surface area contributed by atoms with Gasteiger partial charge in [0, 0.05) is 38.8 Å². The van der Waals surface area contributed by atoms with E-state index in [1.165, 1.54) is 0 Å². The minimum absolute atomic E-state index is 0.468. The molecule has 0 spiro atoms. The summed E-state index contributed by atoms with van der Waals surface area (Å²) in [6.07, 6.45) is 2.21. The van der Waals surface area contributed by atoms with E-state index in [1.54, 1.807) is 14.2 Å². The third-order valence-corrected chi connectivity index (χ3v) is 4.63. The molecule has 1 aromatic heterocycles. The first-order valence-electron chi connectivity index (χ1n) is 9.55. The zero-order valence-corrected chi connectivity index (χ0v) is 17.8.